The molecule has 2 rings (SSSR count). The van der Waals surface area contributed by atoms with Crippen molar-refractivity contribution < 1.29 is 22.1 Å². The molecular weight excluding hydrogens is 246 g/mol. The van der Waals surface area contributed by atoms with Crippen molar-refractivity contribution in [2.75, 3.05) is 7.05 Å². The summed E-state index contributed by atoms with van der Waals surface area (Å²) in [4.78, 5) is 0. The number of hydrogen-bond acceptors (Lipinski definition) is 4. The SMILES string of the molecule is CN1N=N[NH+](N)C1c1ccccc1.[Br-]. The van der Waals surface area contributed by atoms with E-state index in [0.717, 1.165) is 5.56 Å². The zero-order chi connectivity index (χ0) is 9.26. The Kier molecular flexibility index (Phi) is 3.56. The van der Waals surface area contributed by atoms with Crippen LogP contribution in [0.5, 0.6) is 0 Å². The van der Waals surface area contributed by atoms with Crippen molar-refractivity contribution in [2.45, 2.75) is 6.17 Å². The monoisotopic (exact) mass is 257 g/mol. The molecule has 2 unspecified atom stereocenters. The summed E-state index contributed by atoms with van der Waals surface area (Å²) in [6.07, 6.45) is 0.00111. The van der Waals surface area contributed by atoms with Crippen LogP contribution in [0.25, 0.3) is 0 Å². The molecule has 6 heteroatoms. The van der Waals surface area contributed by atoms with E-state index in [2.05, 4.69) is 10.4 Å². The second-order valence-corrected chi connectivity index (χ2v) is 3.00. The fourth-order valence-corrected chi connectivity index (χ4v) is 1.44. The average molecular weight is 258 g/mol. The van der Waals surface area contributed by atoms with Crippen molar-refractivity contribution in [3.8, 4) is 0 Å². The number of halogens is 1. The van der Waals surface area contributed by atoms with Gasteiger partial charge in [0, 0.05) is 12.6 Å². The van der Waals surface area contributed by atoms with Crippen LogP contribution in [0.1, 0.15) is 11.7 Å². The number of hydrogen-bond donors (Lipinski definition) is 2. The fraction of sp³-hybridized carbons (Fsp3) is 0.250. The van der Waals surface area contributed by atoms with E-state index in [1.165, 1.54) is 0 Å². The average Bonchev–Trinajstić information content (AvgIpc) is 2.48. The smallest absolute Gasteiger partial charge is 0.249 e. The Morgan fingerprint density at radius 3 is 2.50 bits per heavy atom. The van der Waals surface area contributed by atoms with Gasteiger partial charge in [-0.3, -0.25) is 0 Å². The molecule has 14 heavy (non-hydrogen) atoms. The van der Waals surface area contributed by atoms with Crippen molar-refractivity contribution in [2.24, 2.45) is 16.3 Å². The predicted octanol–water partition coefficient (Wildman–Crippen LogP) is -3.32. The number of nitrogens with two attached hydrogens (primary N) is 1. The predicted molar refractivity (Wildman–Crippen MR) is 47.0 cm³/mol. The Balaban J connectivity index is 0.000000980. The third kappa shape index (κ3) is 1.92. The number of nitrogens with one attached hydrogen (secondary N) is 1. The maximum Gasteiger partial charge on any atom is 0.249 e. The Bertz CT molecular complexity index is 303. The van der Waals surface area contributed by atoms with E-state index in [1.54, 1.807) is 5.01 Å². The molecule has 1 aliphatic rings. The van der Waals surface area contributed by atoms with Gasteiger partial charge in [-0.25, -0.2) is 5.01 Å². The molecule has 1 aromatic carbocycles. The van der Waals surface area contributed by atoms with Gasteiger partial charge in [-0.15, -0.1) is 0 Å². The first-order chi connectivity index (χ1) is 6.29. The molecule has 1 aliphatic heterocycles. The molecule has 3 N–H and O–H groups in total. The maximum atomic E-state index is 5.72. The Hall–Kier alpha value is -0.980. The van der Waals surface area contributed by atoms with Gasteiger partial charge < -0.3 is 17.0 Å². The van der Waals surface area contributed by atoms with E-state index in [-0.39, 0.29) is 23.1 Å². The van der Waals surface area contributed by atoms with E-state index < -0.39 is 0 Å². The fourth-order valence-electron chi connectivity index (χ4n) is 1.44. The first kappa shape index (κ1) is 11.1. The highest BCUT2D eigenvalue weighted by Crippen LogP contribution is 2.15. The lowest BCUT2D eigenvalue weighted by Crippen LogP contribution is -3.13. The van der Waals surface area contributed by atoms with Gasteiger partial charge in [-0.1, -0.05) is 35.4 Å². The molecule has 0 saturated carbocycles. The van der Waals surface area contributed by atoms with E-state index in [0.29, 0.717) is 5.12 Å². The van der Waals surface area contributed by atoms with Crippen molar-refractivity contribution in [1.29, 1.82) is 0 Å². The number of quaternary nitrogens is 1. The Morgan fingerprint density at radius 2 is 2.00 bits per heavy atom. The van der Waals surface area contributed by atoms with Gasteiger partial charge in [0.1, 0.15) is 0 Å². The van der Waals surface area contributed by atoms with Gasteiger partial charge in [0.05, 0.1) is 5.22 Å². The normalized spacial score (nSPS) is 24.9. The molecule has 1 aromatic rings. The number of rotatable bonds is 1. The highest BCUT2D eigenvalue weighted by atomic mass is 79.9. The quantitative estimate of drug-likeness (QED) is 0.518. The van der Waals surface area contributed by atoms with Gasteiger partial charge in [0.2, 0.25) is 6.17 Å². The summed E-state index contributed by atoms with van der Waals surface area (Å²) in [7, 11) is 1.86. The van der Waals surface area contributed by atoms with Gasteiger partial charge in [0.15, 0.2) is 0 Å². The van der Waals surface area contributed by atoms with E-state index in [4.69, 9.17) is 5.84 Å². The van der Waals surface area contributed by atoms with Crippen LogP contribution < -0.4 is 27.9 Å². The third-order valence-corrected chi connectivity index (χ3v) is 2.07. The molecule has 76 valence electrons. The molecule has 0 aliphatic carbocycles. The van der Waals surface area contributed by atoms with Crippen LogP contribution in [-0.4, -0.2) is 12.1 Å². The summed E-state index contributed by atoms with van der Waals surface area (Å²) in [6, 6.07) is 9.97. The van der Waals surface area contributed by atoms with Crippen LogP contribution >= 0.6 is 0 Å². The highest BCUT2D eigenvalue weighted by molar-refractivity contribution is 5.16. The molecule has 0 spiro atoms. The van der Waals surface area contributed by atoms with Crippen LogP contribution in [0.2, 0.25) is 0 Å². The molecule has 5 nitrogen and oxygen atoms in total. The summed E-state index contributed by atoms with van der Waals surface area (Å²) in [6.45, 7) is 0. The lowest BCUT2D eigenvalue weighted by atomic mass is 10.2. The molecule has 0 aromatic heterocycles. The third-order valence-electron chi connectivity index (χ3n) is 2.07. The first-order valence-corrected chi connectivity index (χ1v) is 4.11. The van der Waals surface area contributed by atoms with Crippen molar-refractivity contribution >= 4 is 0 Å². The van der Waals surface area contributed by atoms with E-state index >= 15 is 0 Å². The molecule has 0 saturated heterocycles. The number of benzene rings is 1. The maximum absolute atomic E-state index is 5.72. The minimum atomic E-state index is 0. The zero-order valence-corrected chi connectivity index (χ0v) is 9.35. The van der Waals surface area contributed by atoms with Crippen LogP contribution in [-0.2, 0) is 0 Å². The minimum absolute atomic E-state index is 0. The standard InChI is InChI=1S/C8H11N5.BrH/c1-12-8(13(9)11-10-12)7-5-3-2-4-6-7;/h2-6,8H,9H2,1H3;1H. The van der Waals surface area contributed by atoms with Crippen LogP contribution in [0.4, 0.5) is 0 Å². The molecule has 0 radical (unpaired) electrons. The topological polar surface area (TPSA) is 58.4 Å². The zero-order valence-electron chi connectivity index (χ0n) is 7.76. The summed E-state index contributed by atoms with van der Waals surface area (Å²) in [5.41, 5.74) is 1.12. The van der Waals surface area contributed by atoms with Gasteiger partial charge >= 0.3 is 0 Å². The van der Waals surface area contributed by atoms with Crippen LogP contribution in [0.3, 0.4) is 0 Å². The lowest BCUT2D eigenvalue weighted by Gasteiger charge is -2.16. The second kappa shape index (κ2) is 4.50. The molecule has 2 atom stereocenters. The Labute approximate surface area is 92.9 Å². The van der Waals surface area contributed by atoms with Crippen molar-refractivity contribution in [3.63, 3.8) is 0 Å². The van der Waals surface area contributed by atoms with E-state index in [9.17, 15) is 0 Å². The van der Waals surface area contributed by atoms with Crippen LogP contribution in [0, 0.1) is 0 Å². The summed E-state index contributed by atoms with van der Waals surface area (Å²) >= 11 is 0. The summed E-state index contributed by atoms with van der Waals surface area (Å²) in [5.74, 6) is 5.72. The number of nitrogens with zero attached hydrogens (tertiary/aromatic N) is 3. The van der Waals surface area contributed by atoms with Gasteiger partial charge in [0.25, 0.3) is 0 Å². The minimum Gasteiger partial charge on any atom is -1.00 e. The van der Waals surface area contributed by atoms with Gasteiger partial charge in [-0.2, -0.15) is 5.84 Å². The van der Waals surface area contributed by atoms with Crippen molar-refractivity contribution in [3.05, 3.63) is 35.9 Å². The first-order valence-electron chi connectivity index (χ1n) is 4.11. The molecule has 1 heterocycles. The molecule has 0 amide bonds. The van der Waals surface area contributed by atoms with Crippen molar-refractivity contribution in [1.82, 2.24) is 5.01 Å². The molecular formula is C8H12BrN5. The molecule has 0 bridgehead atoms. The lowest BCUT2D eigenvalue weighted by molar-refractivity contribution is -0.953. The highest BCUT2D eigenvalue weighted by Gasteiger charge is 2.31. The Morgan fingerprint density at radius 1 is 1.36 bits per heavy atom. The largest absolute Gasteiger partial charge is 1.00 e. The summed E-state index contributed by atoms with van der Waals surface area (Å²) < 4.78 is 0. The second-order valence-electron chi connectivity index (χ2n) is 3.00. The van der Waals surface area contributed by atoms with E-state index in [1.807, 2.05) is 37.4 Å². The van der Waals surface area contributed by atoms with Crippen LogP contribution in [0.15, 0.2) is 40.8 Å². The summed E-state index contributed by atoms with van der Waals surface area (Å²) in [5, 5.41) is 10.00. The van der Waals surface area contributed by atoms with Gasteiger partial charge in [-0.05, 0) is 5.22 Å². The molecule has 0 fully saturated rings.